The second-order valence-corrected chi connectivity index (χ2v) is 8.40. The molecule has 0 radical (unpaired) electrons. The molecule has 1 fully saturated rings. The second-order valence-electron chi connectivity index (χ2n) is 8.40. The van der Waals surface area contributed by atoms with Gasteiger partial charge >= 0.3 is 0 Å². The molecule has 0 unspecified atom stereocenters. The quantitative estimate of drug-likeness (QED) is 0.381. The number of hydrogen-bond donors (Lipinski definition) is 2. The molecule has 2 heterocycles. The third kappa shape index (κ3) is 10.0. The second kappa shape index (κ2) is 14.9. The number of aryl methyl sites for hydroxylation is 1. The van der Waals surface area contributed by atoms with E-state index in [1.165, 1.54) is 70.6 Å². The Bertz CT molecular complexity index is 526. The van der Waals surface area contributed by atoms with Crippen LogP contribution in [0.4, 0.5) is 0 Å². The molecular weight excluding hydrogens is 368 g/mol. The first-order valence-corrected chi connectivity index (χ1v) is 11.7. The fourth-order valence-corrected chi connectivity index (χ4v) is 3.76. The van der Waals surface area contributed by atoms with Crippen LogP contribution in [0.1, 0.15) is 89.7 Å². The fourth-order valence-electron chi connectivity index (χ4n) is 3.76. The van der Waals surface area contributed by atoms with E-state index < -0.39 is 6.10 Å². The van der Waals surface area contributed by atoms with E-state index in [9.17, 15) is 5.11 Å². The first kappa shape index (κ1) is 24.3. The van der Waals surface area contributed by atoms with Crippen molar-refractivity contribution in [1.29, 1.82) is 0 Å². The van der Waals surface area contributed by atoms with Crippen LogP contribution in [0, 0.1) is 0 Å². The summed E-state index contributed by atoms with van der Waals surface area (Å²) in [6.07, 6.45) is 17.2. The zero-order chi connectivity index (χ0) is 20.7. The molecule has 168 valence electrons. The Labute approximate surface area is 176 Å². The first-order valence-electron chi connectivity index (χ1n) is 11.7. The Hall–Kier alpha value is -1.02. The first-order chi connectivity index (χ1) is 14.2. The van der Waals surface area contributed by atoms with E-state index in [2.05, 4.69) is 17.2 Å². The van der Waals surface area contributed by atoms with E-state index in [4.69, 9.17) is 15.2 Å². The van der Waals surface area contributed by atoms with Crippen molar-refractivity contribution in [2.45, 2.75) is 115 Å². The van der Waals surface area contributed by atoms with Crippen LogP contribution in [0.3, 0.4) is 0 Å². The predicted octanol–water partition coefficient (Wildman–Crippen LogP) is 3.58. The van der Waals surface area contributed by atoms with Crippen molar-refractivity contribution in [1.82, 2.24) is 15.0 Å². The molecule has 1 saturated heterocycles. The lowest BCUT2D eigenvalue weighted by Crippen LogP contribution is -2.38. The van der Waals surface area contributed by atoms with Crippen LogP contribution in [0.5, 0.6) is 0 Å². The number of aromatic nitrogens is 3. The SMILES string of the molecule is CCCCCCCCCCCCCCn1cc(COC[C@@H]2OC[C@H](N)[C@H]2O)nn1. The van der Waals surface area contributed by atoms with Gasteiger partial charge in [-0.2, -0.15) is 0 Å². The molecule has 0 aliphatic carbocycles. The molecule has 7 heteroatoms. The number of ether oxygens (including phenoxy) is 2. The zero-order valence-corrected chi connectivity index (χ0v) is 18.3. The van der Waals surface area contributed by atoms with Gasteiger partial charge in [-0.3, -0.25) is 4.68 Å². The Morgan fingerprint density at radius 2 is 1.69 bits per heavy atom. The van der Waals surface area contributed by atoms with Crippen molar-refractivity contribution in [3.05, 3.63) is 11.9 Å². The van der Waals surface area contributed by atoms with Crippen LogP contribution in [-0.4, -0.2) is 51.6 Å². The van der Waals surface area contributed by atoms with Gasteiger partial charge in [-0.1, -0.05) is 82.8 Å². The summed E-state index contributed by atoms with van der Waals surface area (Å²) in [7, 11) is 0. The minimum absolute atomic E-state index is 0.319. The summed E-state index contributed by atoms with van der Waals surface area (Å²) >= 11 is 0. The number of hydrogen-bond acceptors (Lipinski definition) is 6. The molecule has 0 amide bonds. The monoisotopic (exact) mass is 410 g/mol. The van der Waals surface area contributed by atoms with Crippen LogP contribution >= 0.6 is 0 Å². The van der Waals surface area contributed by atoms with Gasteiger partial charge in [-0.05, 0) is 6.42 Å². The van der Waals surface area contributed by atoms with E-state index in [0.29, 0.717) is 19.8 Å². The van der Waals surface area contributed by atoms with Gasteiger partial charge in [0.05, 0.1) is 38.2 Å². The number of unbranched alkanes of at least 4 members (excludes halogenated alkanes) is 11. The Kier molecular flexibility index (Phi) is 12.4. The van der Waals surface area contributed by atoms with Crippen LogP contribution in [-0.2, 0) is 22.6 Å². The lowest BCUT2D eigenvalue weighted by Gasteiger charge is -2.14. The van der Waals surface area contributed by atoms with Gasteiger partial charge in [0.25, 0.3) is 0 Å². The third-order valence-electron chi connectivity index (χ3n) is 5.68. The van der Waals surface area contributed by atoms with Crippen molar-refractivity contribution in [2.24, 2.45) is 5.73 Å². The van der Waals surface area contributed by atoms with E-state index in [0.717, 1.165) is 18.7 Å². The average Bonchev–Trinajstić information content (AvgIpc) is 3.30. The fraction of sp³-hybridized carbons (Fsp3) is 0.909. The smallest absolute Gasteiger partial charge is 0.108 e. The van der Waals surface area contributed by atoms with E-state index in [1.54, 1.807) is 0 Å². The summed E-state index contributed by atoms with van der Waals surface area (Å²) in [5.41, 5.74) is 6.52. The zero-order valence-electron chi connectivity index (χ0n) is 18.3. The molecule has 0 spiro atoms. The van der Waals surface area contributed by atoms with Gasteiger partial charge in [0.15, 0.2) is 0 Å². The van der Waals surface area contributed by atoms with Crippen LogP contribution in [0.25, 0.3) is 0 Å². The minimum Gasteiger partial charge on any atom is -0.389 e. The Morgan fingerprint density at radius 3 is 2.28 bits per heavy atom. The highest BCUT2D eigenvalue weighted by Gasteiger charge is 2.33. The van der Waals surface area contributed by atoms with E-state index in [-0.39, 0.29) is 12.1 Å². The van der Waals surface area contributed by atoms with Gasteiger partial charge in [0, 0.05) is 6.54 Å². The van der Waals surface area contributed by atoms with E-state index in [1.807, 2.05) is 10.9 Å². The highest BCUT2D eigenvalue weighted by molar-refractivity contribution is 4.90. The Balaban J connectivity index is 1.41. The molecule has 1 aromatic rings. The summed E-state index contributed by atoms with van der Waals surface area (Å²) in [5.74, 6) is 0. The number of nitrogens with two attached hydrogens (primary N) is 1. The molecule has 3 atom stereocenters. The molecular formula is C22H42N4O3. The van der Waals surface area contributed by atoms with Gasteiger partial charge < -0.3 is 20.3 Å². The number of rotatable bonds is 17. The molecule has 1 aliphatic rings. The molecule has 0 saturated carbocycles. The van der Waals surface area contributed by atoms with Crippen molar-refractivity contribution in [2.75, 3.05) is 13.2 Å². The van der Waals surface area contributed by atoms with Gasteiger partial charge in [0.2, 0.25) is 0 Å². The predicted molar refractivity (Wildman–Crippen MR) is 114 cm³/mol. The highest BCUT2D eigenvalue weighted by Crippen LogP contribution is 2.14. The molecule has 1 aromatic heterocycles. The Morgan fingerprint density at radius 1 is 1.07 bits per heavy atom. The third-order valence-corrected chi connectivity index (χ3v) is 5.68. The topological polar surface area (TPSA) is 95.4 Å². The molecule has 2 rings (SSSR count). The highest BCUT2D eigenvalue weighted by atomic mass is 16.5. The van der Waals surface area contributed by atoms with Crippen molar-refractivity contribution in [3.8, 4) is 0 Å². The van der Waals surface area contributed by atoms with Gasteiger partial charge in [0.1, 0.15) is 11.8 Å². The maximum Gasteiger partial charge on any atom is 0.108 e. The average molecular weight is 411 g/mol. The van der Waals surface area contributed by atoms with Gasteiger partial charge in [-0.25, -0.2) is 0 Å². The number of nitrogens with zero attached hydrogens (tertiary/aromatic N) is 3. The largest absolute Gasteiger partial charge is 0.389 e. The lowest BCUT2D eigenvalue weighted by atomic mass is 10.1. The summed E-state index contributed by atoms with van der Waals surface area (Å²) < 4.78 is 12.9. The maximum absolute atomic E-state index is 9.84. The molecule has 0 bridgehead atoms. The van der Waals surface area contributed by atoms with E-state index >= 15 is 0 Å². The molecule has 3 N–H and O–H groups in total. The molecule has 1 aliphatic heterocycles. The van der Waals surface area contributed by atoms with Gasteiger partial charge in [-0.15, -0.1) is 5.10 Å². The summed E-state index contributed by atoms with van der Waals surface area (Å²) in [6.45, 7) is 4.25. The summed E-state index contributed by atoms with van der Waals surface area (Å²) in [4.78, 5) is 0. The number of aliphatic hydroxyl groups is 1. The molecule has 29 heavy (non-hydrogen) atoms. The summed E-state index contributed by atoms with van der Waals surface area (Å²) in [6, 6.07) is -0.319. The van der Waals surface area contributed by atoms with Crippen LogP contribution < -0.4 is 5.73 Å². The maximum atomic E-state index is 9.84. The van der Waals surface area contributed by atoms with Crippen molar-refractivity contribution < 1.29 is 14.6 Å². The lowest BCUT2D eigenvalue weighted by molar-refractivity contribution is -0.0299. The normalized spacial score (nSPS) is 21.8. The van der Waals surface area contributed by atoms with Crippen LogP contribution in [0.15, 0.2) is 6.20 Å². The minimum atomic E-state index is -0.656. The van der Waals surface area contributed by atoms with Crippen molar-refractivity contribution in [3.63, 3.8) is 0 Å². The van der Waals surface area contributed by atoms with Crippen LogP contribution in [0.2, 0.25) is 0 Å². The molecule has 7 nitrogen and oxygen atoms in total. The number of aliphatic hydroxyl groups excluding tert-OH is 1. The molecule has 0 aromatic carbocycles. The summed E-state index contributed by atoms with van der Waals surface area (Å²) in [5, 5.41) is 18.2. The standard InChI is InChI=1S/C22H42N4O3/c1-2-3-4-5-6-7-8-9-10-11-12-13-14-26-15-19(24-25-26)16-28-18-21-22(27)20(23)17-29-21/h15,20-22,27H,2-14,16-18,23H2,1H3/t20-,21-,22+/m0/s1. The van der Waals surface area contributed by atoms with Crippen molar-refractivity contribution >= 4 is 0 Å².